The lowest BCUT2D eigenvalue weighted by Crippen LogP contribution is -2.52. The Balaban J connectivity index is 2.39. The van der Waals surface area contributed by atoms with E-state index in [4.69, 9.17) is 9.47 Å². The molecule has 0 spiro atoms. The topological polar surface area (TPSA) is 67.8 Å². The van der Waals surface area contributed by atoms with E-state index < -0.39 is 17.8 Å². The summed E-state index contributed by atoms with van der Waals surface area (Å²) in [6.45, 7) is 7.60. The highest BCUT2D eigenvalue weighted by Crippen LogP contribution is 2.14. The SMILES string of the molecule is C[C@@H]1CC(O)C(NC(=O)OC(C)(C)C)CO1. The van der Waals surface area contributed by atoms with Crippen molar-refractivity contribution >= 4 is 6.09 Å². The van der Waals surface area contributed by atoms with Crippen molar-refractivity contribution in [2.75, 3.05) is 6.61 Å². The van der Waals surface area contributed by atoms with Crippen LogP contribution in [0.5, 0.6) is 0 Å². The molecule has 1 aliphatic rings. The van der Waals surface area contributed by atoms with Crippen LogP contribution in [0.3, 0.4) is 0 Å². The van der Waals surface area contributed by atoms with Crippen LogP contribution in [0.1, 0.15) is 34.1 Å². The van der Waals surface area contributed by atoms with E-state index in [0.717, 1.165) is 0 Å². The van der Waals surface area contributed by atoms with Crippen LogP contribution in [-0.2, 0) is 9.47 Å². The Morgan fingerprint density at radius 2 is 2.12 bits per heavy atom. The summed E-state index contributed by atoms with van der Waals surface area (Å²) >= 11 is 0. The van der Waals surface area contributed by atoms with Gasteiger partial charge >= 0.3 is 6.09 Å². The van der Waals surface area contributed by atoms with Crippen molar-refractivity contribution in [3.05, 3.63) is 0 Å². The molecule has 1 fully saturated rings. The molecule has 0 radical (unpaired) electrons. The van der Waals surface area contributed by atoms with Crippen molar-refractivity contribution in [1.82, 2.24) is 5.32 Å². The van der Waals surface area contributed by atoms with E-state index in [2.05, 4.69) is 5.32 Å². The summed E-state index contributed by atoms with van der Waals surface area (Å²) in [5.74, 6) is 0. The van der Waals surface area contributed by atoms with Gasteiger partial charge in [-0.05, 0) is 27.7 Å². The van der Waals surface area contributed by atoms with Crippen molar-refractivity contribution in [3.63, 3.8) is 0 Å². The molecule has 3 atom stereocenters. The maximum Gasteiger partial charge on any atom is 0.408 e. The van der Waals surface area contributed by atoms with Gasteiger partial charge in [0, 0.05) is 6.42 Å². The van der Waals surface area contributed by atoms with Gasteiger partial charge in [-0.2, -0.15) is 0 Å². The minimum atomic E-state index is -0.573. The number of nitrogens with one attached hydrogen (secondary N) is 1. The van der Waals surface area contributed by atoms with E-state index >= 15 is 0 Å². The van der Waals surface area contributed by atoms with Crippen molar-refractivity contribution in [2.24, 2.45) is 0 Å². The average Bonchev–Trinajstić information content (AvgIpc) is 2.06. The predicted molar refractivity (Wildman–Crippen MR) is 59.2 cm³/mol. The quantitative estimate of drug-likeness (QED) is 0.708. The van der Waals surface area contributed by atoms with Gasteiger partial charge in [-0.25, -0.2) is 4.79 Å². The second-order valence-electron chi connectivity index (χ2n) is 5.20. The van der Waals surface area contributed by atoms with E-state index in [-0.39, 0.29) is 12.1 Å². The second kappa shape index (κ2) is 5.01. The number of ether oxygens (including phenoxy) is 2. The average molecular weight is 231 g/mol. The van der Waals surface area contributed by atoms with E-state index in [1.807, 2.05) is 6.92 Å². The number of carbonyl (C=O) groups is 1. The van der Waals surface area contributed by atoms with E-state index in [0.29, 0.717) is 13.0 Å². The smallest absolute Gasteiger partial charge is 0.408 e. The van der Waals surface area contributed by atoms with E-state index in [1.54, 1.807) is 20.8 Å². The van der Waals surface area contributed by atoms with Crippen LogP contribution in [0.25, 0.3) is 0 Å². The van der Waals surface area contributed by atoms with E-state index in [1.165, 1.54) is 0 Å². The lowest BCUT2D eigenvalue weighted by molar-refractivity contribution is -0.0593. The Kier molecular flexibility index (Phi) is 4.15. The van der Waals surface area contributed by atoms with Crippen LogP contribution in [-0.4, -0.2) is 41.7 Å². The Morgan fingerprint density at radius 1 is 1.50 bits per heavy atom. The van der Waals surface area contributed by atoms with Crippen LogP contribution in [0.2, 0.25) is 0 Å². The summed E-state index contributed by atoms with van der Waals surface area (Å²) in [6, 6.07) is -0.383. The molecule has 16 heavy (non-hydrogen) atoms. The van der Waals surface area contributed by atoms with Gasteiger partial charge in [-0.3, -0.25) is 0 Å². The van der Waals surface area contributed by atoms with Crippen LogP contribution < -0.4 is 5.32 Å². The lowest BCUT2D eigenvalue weighted by Gasteiger charge is -2.32. The number of aliphatic hydroxyl groups is 1. The van der Waals surface area contributed by atoms with Crippen molar-refractivity contribution < 1.29 is 19.4 Å². The van der Waals surface area contributed by atoms with Crippen LogP contribution >= 0.6 is 0 Å². The third-order valence-corrected chi connectivity index (χ3v) is 2.30. The van der Waals surface area contributed by atoms with Crippen LogP contribution in [0.4, 0.5) is 4.79 Å². The van der Waals surface area contributed by atoms with Crippen LogP contribution in [0.15, 0.2) is 0 Å². The molecule has 1 rings (SSSR count). The fraction of sp³-hybridized carbons (Fsp3) is 0.909. The molecule has 0 aromatic carbocycles. The standard InChI is InChI=1S/C11H21NO4/c1-7-5-9(13)8(6-15-7)12-10(14)16-11(2,3)4/h7-9,13H,5-6H2,1-4H3,(H,12,14)/t7-,8?,9?/m1/s1. The summed E-state index contributed by atoms with van der Waals surface area (Å²) in [6.07, 6.45) is -0.529. The molecule has 1 aliphatic heterocycles. The molecule has 0 bridgehead atoms. The van der Waals surface area contributed by atoms with Gasteiger partial charge in [0.05, 0.1) is 24.9 Å². The number of rotatable bonds is 1. The third kappa shape index (κ3) is 4.37. The summed E-state index contributed by atoms with van der Waals surface area (Å²) in [4.78, 5) is 11.5. The van der Waals surface area contributed by atoms with Gasteiger partial charge in [0.2, 0.25) is 0 Å². The Hall–Kier alpha value is -0.810. The van der Waals surface area contributed by atoms with Crippen molar-refractivity contribution in [2.45, 2.75) is 58.0 Å². The molecule has 2 unspecified atom stereocenters. The highest BCUT2D eigenvalue weighted by atomic mass is 16.6. The maximum absolute atomic E-state index is 11.5. The van der Waals surface area contributed by atoms with Crippen LogP contribution in [0, 0.1) is 0 Å². The number of amides is 1. The van der Waals surface area contributed by atoms with Gasteiger partial charge in [-0.15, -0.1) is 0 Å². The summed E-state index contributed by atoms with van der Waals surface area (Å²) in [5.41, 5.74) is -0.530. The molecular weight excluding hydrogens is 210 g/mol. The summed E-state index contributed by atoms with van der Waals surface area (Å²) in [5, 5.41) is 12.3. The molecule has 5 heteroatoms. The van der Waals surface area contributed by atoms with Crippen molar-refractivity contribution in [1.29, 1.82) is 0 Å². The van der Waals surface area contributed by atoms with Gasteiger partial charge in [0.15, 0.2) is 0 Å². The van der Waals surface area contributed by atoms with Gasteiger partial charge in [-0.1, -0.05) is 0 Å². The molecule has 0 aromatic heterocycles. The molecule has 1 amide bonds. The fourth-order valence-corrected chi connectivity index (χ4v) is 1.55. The Labute approximate surface area is 96.1 Å². The zero-order valence-corrected chi connectivity index (χ0v) is 10.3. The summed E-state index contributed by atoms with van der Waals surface area (Å²) < 4.78 is 10.5. The molecule has 2 N–H and O–H groups in total. The van der Waals surface area contributed by atoms with E-state index in [9.17, 15) is 9.90 Å². The minimum absolute atomic E-state index is 0.0340. The van der Waals surface area contributed by atoms with Gasteiger partial charge < -0.3 is 19.9 Å². The first-order valence-corrected chi connectivity index (χ1v) is 5.57. The predicted octanol–water partition coefficient (Wildman–Crippen LogP) is 1.05. The lowest BCUT2D eigenvalue weighted by atomic mass is 10.0. The fourth-order valence-electron chi connectivity index (χ4n) is 1.55. The number of hydrogen-bond donors (Lipinski definition) is 2. The van der Waals surface area contributed by atoms with Crippen molar-refractivity contribution in [3.8, 4) is 0 Å². The molecule has 1 saturated heterocycles. The normalized spacial score (nSPS) is 30.9. The number of carbonyl (C=O) groups excluding carboxylic acids is 1. The largest absolute Gasteiger partial charge is 0.444 e. The number of hydrogen-bond acceptors (Lipinski definition) is 4. The molecule has 94 valence electrons. The molecular formula is C11H21NO4. The first kappa shape index (κ1) is 13.3. The first-order chi connectivity index (χ1) is 7.28. The molecule has 5 nitrogen and oxygen atoms in total. The minimum Gasteiger partial charge on any atom is -0.444 e. The Morgan fingerprint density at radius 3 is 2.62 bits per heavy atom. The molecule has 0 saturated carbocycles. The highest BCUT2D eigenvalue weighted by Gasteiger charge is 2.30. The molecule has 0 aromatic rings. The first-order valence-electron chi connectivity index (χ1n) is 5.57. The third-order valence-electron chi connectivity index (χ3n) is 2.30. The Bertz CT molecular complexity index is 249. The second-order valence-corrected chi connectivity index (χ2v) is 5.20. The monoisotopic (exact) mass is 231 g/mol. The molecule has 1 heterocycles. The highest BCUT2D eigenvalue weighted by molar-refractivity contribution is 5.68. The molecule has 0 aliphatic carbocycles. The zero-order chi connectivity index (χ0) is 12.3. The number of alkyl carbamates (subject to hydrolysis) is 1. The van der Waals surface area contributed by atoms with Gasteiger partial charge in [0.25, 0.3) is 0 Å². The summed E-state index contributed by atoms with van der Waals surface area (Å²) in [7, 11) is 0. The van der Waals surface area contributed by atoms with Gasteiger partial charge in [0.1, 0.15) is 5.60 Å². The number of aliphatic hydroxyl groups excluding tert-OH is 1. The maximum atomic E-state index is 11.5. The zero-order valence-electron chi connectivity index (χ0n) is 10.3.